The zero-order valence-corrected chi connectivity index (χ0v) is 15.7. The van der Waals surface area contributed by atoms with Gasteiger partial charge in [-0.15, -0.1) is 0 Å². The largest absolute Gasteiger partial charge is 0.489 e. The van der Waals surface area contributed by atoms with E-state index in [0.717, 1.165) is 50.6 Å². The van der Waals surface area contributed by atoms with Crippen LogP contribution in [0.1, 0.15) is 17.5 Å². The second-order valence-electron chi connectivity index (χ2n) is 6.24. The lowest BCUT2D eigenvalue weighted by atomic mass is 10.1. The third-order valence-electron chi connectivity index (χ3n) is 4.36. The van der Waals surface area contributed by atoms with Crippen LogP contribution in [0.4, 0.5) is 0 Å². The molecule has 0 saturated carbocycles. The first kappa shape index (κ1) is 18.5. The van der Waals surface area contributed by atoms with E-state index in [1.54, 1.807) is 6.07 Å². The highest BCUT2D eigenvalue weighted by Gasteiger charge is 2.09. The molecule has 0 bridgehead atoms. The molecular formula is C20H23Cl2NO2. The number of halogens is 2. The molecule has 3 nitrogen and oxygen atoms in total. The third kappa shape index (κ3) is 5.89. The molecule has 0 spiro atoms. The number of nitrogens with zero attached hydrogens (tertiary/aromatic N) is 1. The zero-order valence-electron chi connectivity index (χ0n) is 14.2. The SMILES string of the molecule is Clc1ccc(COc2ccc(CCCN3CCOCC3)cc2)cc1Cl. The fourth-order valence-electron chi connectivity index (χ4n) is 2.88. The van der Waals surface area contributed by atoms with Crippen LogP contribution in [0.25, 0.3) is 0 Å². The summed E-state index contributed by atoms with van der Waals surface area (Å²) in [6, 6.07) is 13.9. The second kappa shape index (κ2) is 9.44. The van der Waals surface area contributed by atoms with Crippen molar-refractivity contribution in [1.82, 2.24) is 4.90 Å². The van der Waals surface area contributed by atoms with E-state index in [4.69, 9.17) is 32.7 Å². The normalized spacial score (nSPS) is 15.3. The second-order valence-corrected chi connectivity index (χ2v) is 7.05. The van der Waals surface area contributed by atoms with Gasteiger partial charge in [-0.3, -0.25) is 4.90 Å². The third-order valence-corrected chi connectivity index (χ3v) is 5.10. The van der Waals surface area contributed by atoms with Crippen molar-refractivity contribution in [3.8, 4) is 5.75 Å². The summed E-state index contributed by atoms with van der Waals surface area (Å²) in [4.78, 5) is 2.47. The number of aryl methyl sites for hydroxylation is 1. The van der Waals surface area contributed by atoms with Crippen LogP contribution < -0.4 is 4.74 Å². The van der Waals surface area contributed by atoms with Crippen molar-refractivity contribution in [3.63, 3.8) is 0 Å². The molecule has 134 valence electrons. The lowest BCUT2D eigenvalue weighted by Crippen LogP contribution is -2.36. The molecular weight excluding hydrogens is 357 g/mol. The molecule has 25 heavy (non-hydrogen) atoms. The van der Waals surface area contributed by atoms with Gasteiger partial charge >= 0.3 is 0 Å². The summed E-state index contributed by atoms with van der Waals surface area (Å²) in [7, 11) is 0. The monoisotopic (exact) mass is 379 g/mol. The van der Waals surface area contributed by atoms with Gasteiger partial charge in [-0.1, -0.05) is 41.4 Å². The molecule has 5 heteroatoms. The number of hydrogen-bond acceptors (Lipinski definition) is 3. The molecule has 0 radical (unpaired) electrons. The van der Waals surface area contributed by atoms with Gasteiger partial charge in [0.05, 0.1) is 23.3 Å². The Hall–Kier alpha value is -1.26. The van der Waals surface area contributed by atoms with Crippen LogP contribution in [0, 0.1) is 0 Å². The first-order valence-corrected chi connectivity index (χ1v) is 9.42. The van der Waals surface area contributed by atoms with Gasteiger partial charge in [0.25, 0.3) is 0 Å². The van der Waals surface area contributed by atoms with Crippen LogP contribution in [0.5, 0.6) is 5.75 Å². The molecule has 1 heterocycles. The molecule has 0 N–H and O–H groups in total. The first-order chi connectivity index (χ1) is 12.2. The highest BCUT2D eigenvalue weighted by molar-refractivity contribution is 6.42. The van der Waals surface area contributed by atoms with Crippen LogP contribution in [-0.4, -0.2) is 37.7 Å². The van der Waals surface area contributed by atoms with Gasteiger partial charge in [0.15, 0.2) is 0 Å². The van der Waals surface area contributed by atoms with Gasteiger partial charge in [0, 0.05) is 13.1 Å². The summed E-state index contributed by atoms with van der Waals surface area (Å²) < 4.78 is 11.2. The van der Waals surface area contributed by atoms with Crippen LogP contribution in [0.15, 0.2) is 42.5 Å². The molecule has 0 atom stereocenters. The summed E-state index contributed by atoms with van der Waals surface area (Å²) in [5.41, 5.74) is 2.35. The van der Waals surface area contributed by atoms with E-state index in [2.05, 4.69) is 17.0 Å². The smallest absolute Gasteiger partial charge is 0.119 e. The van der Waals surface area contributed by atoms with E-state index in [0.29, 0.717) is 16.7 Å². The molecule has 1 fully saturated rings. The quantitative estimate of drug-likeness (QED) is 0.686. The molecule has 1 saturated heterocycles. The highest BCUT2D eigenvalue weighted by Crippen LogP contribution is 2.23. The van der Waals surface area contributed by atoms with E-state index in [1.807, 2.05) is 24.3 Å². The fourth-order valence-corrected chi connectivity index (χ4v) is 3.20. The molecule has 1 aliphatic heterocycles. The van der Waals surface area contributed by atoms with Crippen LogP contribution >= 0.6 is 23.2 Å². The van der Waals surface area contributed by atoms with E-state index in [1.165, 1.54) is 12.0 Å². The maximum atomic E-state index is 6.02. The lowest BCUT2D eigenvalue weighted by molar-refractivity contribution is 0.0374. The molecule has 0 unspecified atom stereocenters. The maximum Gasteiger partial charge on any atom is 0.119 e. The fraction of sp³-hybridized carbons (Fsp3) is 0.400. The highest BCUT2D eigenvalue weighted by atomic mass is 35.5. The maximum absolute atomic E-state index is 6.02. The van der Waals surface area contributed by atoms with Crippen molar-refractivity contribution in [1.29, 1.82) is 0 Å². The van der Waals surface area contributed by atoms with Crippen molar-refractivity contribution in [2.24, 2.45) is 0 Å². The lowest BCUT2D eigenvalue weighted by Gasteiger charge is -2.26. The number of ether oxygens (including phenoxy) is 2. The predicted molar refractivity (Wildman–Crippen MR) is 103 cm³/mol. The number of rotatable bonds is 7. The predicted octanol–water partition coefficient (Wildman–Crippen LogP) is 4.84. The van der Waals surface area contributed by atoms with E-state index >= 15 is 0 Å². The van der Waals surface area contributed by atoms with E-state index < -0.39 is 0 Å². The van der Waals surface area contributed by atoms with Crippen LogP contribution in [-0.2, 0) is 17.8 Å². The van der Waals surface area contributed by atoms with E-state index in [9.17, 15) is 0 Å². The molecule has 3 rings (SSSR count). The summed E-state index contributed by atoms with van der Waals surface area (Å²) in [6.45, 7) is 5.46. The topological polar surface area (TPSA) is 21.7 Å². The van der Waals surface area contributed by atoms with Crippen LogP contribution in [0.2, 0.25) is 10.0 Å². The Morgan fingerprint density at radius 1 is 0.920 bits per heavy atom. The van der Waals surface area contributed by atoms with Gasteiger partial charge in [0.2, 0.25) is 0 Å². The van der Waals surface area contributed by atoms with Crippen molar-refractivity contribution in [2.45, 2.75) is 19.4 Å². The summed E-state index contributed by atoms with van der Waals surface area (Å²) in [5, 5.41) is 1.12. The van der Waals surface area contributed by atoms with Gasteiger partial charge in [-0.2, -0.15) is 0 Å². The minimum atomic E-state index is 0.479. The minimum absolute atomic E-state index is 0.479. The standard InChI is InChI=1S/C20H23Cl2NO2/c21-19-8-5-17(14-20(19)22)15-25-18-6-3-16(4-7-18)2-1-9-23-10-12-24-13-11-23/h3-8,14H,1-2,9-13,15H2. The Morgan fingerprint density at radius 2 is 1.64 bits per heavy atom. The van der Waals surface area contributed by atoms with Crippen molar-refractivity contribution in [3.05, 3.63) is 63.6 Å². The van der Waals surface area contributed by atoms with Crippen molar-refractivity contribution < 1.29 is 9.47 Å². The average molecular weight is 380 g/mol. The molecule has 0 aliphatic carbocycles. The van der Waals surface area contributed by atoms with Crippen LogP contribution in [0.3, 0.4) is 0 Å². The van der Waals surface area contributed by atoms with Gasteiger partial charge < -0.3 is 9.47 Å². The van der Waals surface area contributed by atoms with Gasteiger partial charge in [0.1, 0.15) is 12.4 Å². The Balaban J connectivity index is 1.42. The molecule has 1 aliphatic rings. The minimum Gasteiger partial charge on any atom is -0.489 e. The summed E-state index contributed by atoms with van der Waals surface area (Å²) >= 11 is 11.9. The van der Waals surface area contributed by atoms with Gasteiger partial charge in [-0.25, -0.2) is 0 Å². The Bertz CT molecular complexity index is 670. The molecule has 0 aromatic heterocycles. The summed E-state index contributed by atoms with van der Waals surface area (Å²) in [6.07, 6.45) is 2.26. The van der Waals surface area contributed by atoms with Crippen molar-refractivity contribution >= 4 is 23.2 Å². The van der Waals surface area contributed by atoms with E-state index in [-0.39, 0.29) is 0 Å². The summed E-state index contributed by atoms with van der Waals surface area (Å²) in [5.74, 6) is 0.864. The number of hydrogen-bond donors (Lipinski definition) is 0. The molecule has 2 aromatic rings. The Morgan fingerprint density at radius 3 is 2.36 bits per heavy atom. The zero-order chi connectivity index (χ0) is 17.5. The number of morpholine rings is 1. The molecule has 0 amide bonds. The van der Waals surface area contributed by atoms with Gasteiger partial charge in [-0.05, 0) is 54.8 Å². The molecule has 2 aromatic carbocycles. The van der Waals surface area contributed by atoms with Crippen molar-refractivity contribution in [2.75, 3.05) is 32.8 Å². The Kier molecular flexibility index (Phi) is 7.00. The average Bonchev–Trinajstić information content (AvgIpc) is 2.65. The number of benzene rings is 2. The Labute approximate surface area is 159 Å². The first-order valence-electron chi connectivity index (χ1n) is 8.66.